The Labute approximate surface area is 145 Å². The van der Waals surface area contributed by atoms with E-state index in [4.69, 9.17) is 4.74 Å². The minimum absolute atomic E-state index is 0.527. The molecule has 0 fully saturated rings. The van der Waals surface area contributed by atoms with Gasteiger partial charge in [-0.25, -0.2) is 9.97 Å². The van der Waals surface area contributed by atoms with E-state index in [1.54, 1.807) is 12.3 Å². The van der Waals surface area contributed by atoms with E-state index in [1.165, 1.54) is 17.3 Å². The van der Waals surface area contributed by atoms with E-state index in [0.29, 0.717) is 5.88 Å². The number of fused-ring (bicyclic) bond motifs is 1. The summed E-state index contributed by atoms with van der Waals surface area (Å²) in [5, 5.41) is 4.60. The molecule has 0 unspecified atom stereocenters. The van der Waals surface area contributed by atoms with Crippen LogP contribution < -0.4 is 10.1 Å². The van der Waals surface area contributed by atoms with Crippen LogP contribution in [0.3, 0.4) is 0 Å². The number of aromatic nitrogens is 3. The molecule has 0 spiro atoms. The Kier molecular flexibility index (Phi) is 4.20. The van der Waals surface area contributed by atoms with Crippen LogP contribution in [0.2, 0.25) is 0 Å². The van der Waals surface area contributed by atoms with Crippen LogP contribution in [-0.4, -0.2) is 15.0 Å². The zero-order valence-corrected chi connectivity index (χ0v) is 13.5. The first kappa shape index (κ1) is 15.1. The maximum atomic E-state index is 5.67. The molecule has 0 bridgehead atoms. The maximum Gasteiger partial charge on any atom is 0.222 e. The monoisotopic (exact) mass is 328 g/mol. The highest BCUT2D eigenvalue weighted by atomic mass is 16.5. The van der Waals surface area contributed by atoms with E-state index < -0.39 is 0 Å². The Bertz CT molecular complexity index is 966. The number of pyridine rings is 1. The van der Waals surface area contributed by atoms with Crippen molar-refractivity contribution in [3.63, 3.8) is 0 Å². The van der Waals surface area contributed by atoms with E-state index in [9.17, 15) is 0 Å². The largest absolute Gasteiger partial charge is 0.439 e. The molecule has 2 heterocycles. The van der Waals surface area contributed by atoms with Crippen LogP contribution in [0.25, 0.3) is 10.9 Å². The van der Waals surface area contributed by atoms with Crippen LogP contribution in [0.5, 0.6) is 11.6 Å². The third-order valence-electron chi connectivity index (χ3n) is 3.85. The number of benzene rings is 2. The molecule has 5 heteroatoms. The molecule has 0 aliphatic carbocycles. The number of nitrogens with one attached hydrogen (secondary N) is 1. The van der Waals surface area contributed by atoms with Crippen molar-refractivity contribution < 1.29 is 4.74 Å². The van der Waals surface area contributed by atoms with E-state index in [-0.39, 0.29) is 0 Å². The fourth-order valence-electron chi connectivity index (χ4n) is 2.62. The summed E-state index contributed by atoms with van der Waals surface area (Å²) < 4.78 is 5.67. The lowest BCUT2D eigenvalue weighted by molar-refractivity contribution is 0.461. The minimum atomic E-state index is 0.527. The summed E-state index contributed by atoms with van der Waals surface area (Å²) in [6, 6.07) is 19.8. The van der Waals surface area contributed by atoms with Crippen LogP contribution in [0.4, 0.5) is 5.69 Å². The normalized spacial score (nSPS) is 10.6. The van der Waals surface area contributed by atoms with Crippen molar-refractivity contribution in [2.75, 3.05) is 5.32 Å². The zero-order chi connectivity index (χ0) is 16.9. The molecule has 0 atom stereocenters. The van der Waals surface area contributed by atoms with Crippen LogP contribution in [-0.2, 0) is 6.54 Å². The summed E-state index contributed by atoms with van der Waals surface area (Å²) >= 11 is 0. The Morgan fingerprint density at radius 2 is 1.76 bits per heavy atom. The minimum Gasteiger partial charge on any atom is -0.439 e. The molecule has 0 saturated carbocycles. The van der Waals surface area contributed by atoms with Gasteiger partial charge in [0.05, 0.1) is 5.52 Å². The molecule has 0 saturated heterocycles. The topological polar surface area (TPSA) is 59.9 Å². The lowest BCUT2D eigenvalue weighted by atomic mass is 10.1. The second-order valence-electron chi connectivity index (χ2n) is 5.51. The number of hydrogen-bond donors (Lipinski definition) is 1. The summed E-state index contributed by atoms with van der Waals surface area (Å²) in [6.45, 7) is 0.731. The van der Waals surface area contributed by atoms with Crippen LogP contribution in [0.1, 0.15) is 5.56 Å². The summed E-state index contributed by atoms with van der Waals surface area (Å²) in [4.78, 5) is 12.3. The molecular formula is C20H16N4O. The fourth-order valence-corrected chi connectivity index (χ4v) is 2.62. The molecule has 25 heavy (non-hydrogen) atoms. The number of rotatable bonds is 5. The van der Waals surface area contributed by atoms with Gasteiger partial charge in [-0.3, -0.25) is 4.98 Å². The van der Waals surface area contributed by atoms with Crippen molar-refractivity contribution in [3.8, 4) is 11.6 Å². The molecule has 122 valence electrons. The van der Waals surface area contributed by atoms with Crippen LogP contribution >= 0.6 is 0 Å². The van der Waals surface area contributed by atoms with Gasteiger partial charge in [-0.15, -0.1) is 0 Å². The van der Waals surface area contributed by atoms with E-state index in [2.05, 4.69) is 32.4 Å². The van der Waals surface area contributed by atoms with Gasteiger partial charge in [-0.1, -0.05) is 18.2 Å². The van der Waals surface area contributed by atoms with Gasteiger partial charge in [-0.05, 0) is 42.0 Å². The van der Waals surface area contributed by atoms with Crippen molar-refractivity contribution in [1.82, 2.24) is 15.0 Å². The highest BCUT2D eigenvalue weighted by Crippen LogP contribution is 2.22. The molecule has 2 aromatic heterocycles. The molecule has 5 nitrogen and oxygen atoms in total. The zero-order valence-electron chi connectivity index (χ0n) is 13.5. The summed E-state index contributed by atoms with van der Waals surface area (Å²) in [5.74, 6) is 1.26. The smallest absolute Gasteiger partial charge is 0.222 e. The second-order valence-corrected chi connectivity index (χ2v) is 5.51. The lowest BCUT2D eigenvalue weighted by Gasteiger charge is -2.10. The van der Waals surface area contributed by atoms with Gasteiger partial charge in [0.2, 0.25) is 5.88 Å². The van der Waals surface area contributed by atoms with Gasteiger partial charge < -0.3 is 10.1 Å². The standard InChI is InChI=1S/C20H16N4O/c1-3-15(18-4-2-11-22-19(18)5-1)13-23-16-6-8-17(9-7-16)25-20-10-12-21-14-24-20/h1-12,14,23H,13H2. The number of anilines is 1. The first-order valence-corrected chi connectivity index (χ1v) is 7.99. The van der Waals surface area contributed by atoms with Crippen molar-refractivity contribution in [2.45, 2.75) is 6.54 Å². The van der Waals surface area contributed by atoms with Gasteiger partial charge in [-0.2, -0.15) is 0 Å². The highest BCUT2D eigenvalue weighted by Gasteiger charge is 2.02. The Hall–Kier alpha value is -3.47. The predicted octanol–water partition coefficient (Wildman–Crippen LogP) is 4.43. The SMILES string of the molecule is c1cc(CNc2ccc(Oc3ccncn3)cc2)c2cccnc2c1. The molecule has 0 aliphatic heterocycles. The summed E-state index contributed by atoms with van der Waals surface area (Å²) in [6.07, 6.45) is 4.93. The third-order valence-corrected chi connectivity index (χ3v) is 3.85. The highest BCUT2D eigenvalue weighted by molar-refractivity contribution is 5.82. The van der Waals surface area contributed by atoms with Crippen LogP contribution in [0, 0.1) is 0 Å². The van der Waals surface area contributed by atoms with Gasteiger partial charge in [0.25, 0.3) is 0 Å². The first-order valence-electron chi connectivity index (χ1n) is 7.99. The summed E-state index contributed by atoms with van der Waals surface area (Å²) in [5.41, 5.74) is 3.25. The van der Waals surface area contributed by atoms with Gasteiger partial charge in [0, 0.05) is 36.1 Å². The van der Waals surface area contributed by atoms with Gasteiger partial charge >= 0.3 is 0 Å². The number of nitrogens with zero attached hydrogens (tertiary/aromatic N) is 3. The average Bonchev–Trinajstić information content (AvgIpc) is 2.68. The Morgan fingerprint density at radius 1 is 0.840 bits per heavy atom. The molecule has 4 aromatic rings. The molecule has 4 rings (SSSR count). The average molecular weight is 328 g/mol. The molecule has 0 radical (unpaired) electrons. The van der Waals surface area contributed by atoms with Crippen molar-refractivity contribution >= 4 is 16.6 Å². The van der Waals surface area contributed by atoms with Gasteiger partial charge in [0.1, 0.15) is 12.1 Å². The Balaban J connectivity index is 1.44. The molecular weight excluding hydrogens is 312 g/mol. The maximum absolute atomic E-state index is 5.67. The number of hydrogen-bond acceptors (Lipinski definition) is 5. The quantitative estimate of drug-likeness (QED) is 0.587. The van der Waals surface area contributed by atoms with Crippen molar-refractivity contribution in [3.05, 3.63) is 84.9 Å². The predicted molar refractivity (Wildman–Crippen MR) is 97.6 cm³/mol. The molecule has 0 aliphatic rings. The molecule has 0 amide bonds. The van der Waals surface area contributed by atoms with E-state index in [1.807, 2.05) is 48.7 Å². The lowest BCUT2D eigenvalue weighted by Crippen LogP contribution is -2.00. The van der Waals surface area contributed by atoms with Gasteiger partial charge in [0.15, 0.2) is 0 Å². The van der Waals surface area contributed by atoms with Crippen molar-refractivity contribution in [2.24, 2.45) is 0 Å². The fraction of sp³-hybridized carbons (Fsp3) is 0.0500. The first-order chi connectivity index (χ1) is 12.4. The molecule has 1 N–H and O–H groups in total. The van der Waals surface area contributed by atoms with Crippen molar-refractivity contribution in [1.29, 1.82) is 0 Å². The van der Waals surface area contributed by atoms with E-state index >= 15 is 0 Å². The Morgan fingerprint density at radius 3 is 2.60 bits per heavy atom. The van der Waals surface area contributed by atoms with Crippen LogP contribution in [0.15, 0.2) is 79.4 Å². The third kappa shape index (κ3) is 3.55. The summed E-state index contributed by atoms with van der Waals surface area (Å²) in [7, 11) is 0. The number of ether oxygens (including phenoxy) is 1. The van der Waals surface area contributed by atoms with E-state index in [0.717, 1.165) is 23.5 Å². The second kappa shape index (κ2) is 6.97. The molecule has 2 aromatic carbocycles.